The second kappa shape index (κ2) is 7.46. The van der Waals surface area contributed by atoms with Gasteiger partial charge >= 0.3 is 11.8 Å². The van der Waals surface area contributed by atoms with Crippen molar-refractivity contribution in [3.63, 3.8) is 0 Å². The van der Waals surface area contributed by atoms with Crippen molar-refractivity contribution in [2.45, 2.75) is 64.8 Å². The number of nitrogens with zero attached hydrogens (tertiary/aromatic N) is 5. The number of carboxylic acid groups (broad SMARTS) is 1. The fourth-order valence-electron chi connectivity index (χ4n) is 3.54. The molecular formula is C16H26FN5O4. The SMILES string of the molecule is CCn1ncc([N+](=O)[O-])c1N1CC[C@@H](F)[C@H](N(C(=O)O)C(C)(C)C)CC1. The molecule has 0 radical (unpaired) electrons. The van der Waals surface area contributed by atoms with Gasteiger partial charge in [-0.1, -0.05) is 0 Å². The highest BCUT2D eigenvalue weighted by Crippen LogP contribution is 2.32. The highest BCUT2D eigenvalue weighted by Gasteiger charge is 2.40. The first kappa shape index (κ1) is 19.9. The lowest BCUT2D eigenvalue weighted by molar-refractivity contribution is -0.384. The van der Waals surface area contributed by atoms with Crippen LogP contribution in [0.3, 0.4) is 0 Å². The number of aryl methyl sites for hydroxylation is 1. The Labute approximate surface area is 151 Å². The molecule has 1 aliphatic rings. The number of carbonyl (C=O) groups is 1. The molecule has 2 heterocycles. The molecule has 0 aromatic carbocycles. The van der Waals surface area contributed by atoms with Crippen molar-refractivity contribution in [2.75, 3.05) is 18.0 Å². The molecule has 0 saturated carbocycles. The normalized spacial score (nSPS) is 21.3. The monoisotopic (exact) mass is 371 g/mol. The number of anilines is 1. The minimum atomic E-state index is -1.34. The average molecular weight is 371 g/mol. The smallest absolute Gasteiger partial charge is 0.408 e. The van der Waals surface area contributed by atoms with Crippen LogP contribution in [0.4, 0.5) is 20.7 Å². The molecule has 2 rings (SSSR count). The zero-order valence-electron chi connectivity index (χ0n) is 15.6. The van der Waals surface area contributed by atoms with Crippen LogP contribution in [-0.2, 0) is 6.54 Å². The number of hydrogen-bond acceptors (Lipinski definition) is 5. The van der Waals surface area contributed by atoms with E-state index in [4.69, 9.17) is 0 Å². The highest BCUT2D eigenvalue weighted by atomic mass is 19.1. The Bertz CT molecular complexity index is 672. The van der Waals surface area contributed by atoms with E-state index in [9.17, 15) is 24.4 Å². The summed E-state index contributed by atoms with van der Waals surface area (Å²) in [6.07, 6.45) is -0.962. The van der Waals surface area contributed by atoms with E-state index < -0.39 is 28.8 Å². The van der Waals surface area contributed by atoms with E-state index >= 15 is 0 Å². The number of nitro groups is 1. The second-order valence-corrected chi connectivity index (χ2v) is 7.40. The number of amides is 1. The van der Waals surface area contributed by atoms with Gasteiger partial charge in [0.1, 0.15) is 12.4 Å². The minimum Gasteiger partial charge on any atom is -0.465 e. The maximum Gasteiger partial charge on any atom is 0.408 e. The van der Waals surface area contributed by atoms with Gasteiger partial charge in [0.05, 0.1) is 11.0 Å². The highest BCUT2D eigenvalue weighted by molar-refractivity contribution is 5.66. The minimum absolute atomic E-state index is 0.0938. The molecule has 0 bridgehead atoms. The van der Waals surface area contributed by atoms with Crippen molar-refractivity contribution < 1.29 is 19.2 Å². The molecule has 1 fully saturated rings. The molecule has 10 heteroatoms. The van der Waals surface area contributed by atoms with Gasteiger partial charge < -0.3 is 10.0 Å². The number of halogens is 1. The van der Waals surface area contributed by atoms with Crippen LogP contribution < -0.4 is 4.90 Å². The summed E-state index contributed by atoms with van der Waals surface area (Å²) in [6, 6.07) is -0.797. The van der Waals surface area contributed by atoms with Gasteiger partial charge in [-0.25, -0.2) is 13.9 Å². The summed E-state index contributed by atoms with van der Waals surface area (Å²) in [7, 11) is 0. The Hall–Kier alpha value is -2.39. The first-order valence-electron chi connectivity index (χ1n) is 8.69. The molecule has 0 unspecified atom stereocenters. The molecular weight excluding hydrogens is 345 g/mol. The number of rotatable bonds is 4. The summed E-state index contributed by atoms with van der Waals surface area (Å²) in [5.74, 6) is 0.350. The molecule has 1 aliphatic heterocycles. The van der Waals surface area contributed by atoms with Gasteiger partial charge in [-0.05, 0) is 40.5 Å². The van der Waals surface area contributed by atoms with Gasteiger partial charge in [0.2, 0.25) is 5.82 Å². The van der Waals surface area contributed by atoms with Crippen LogP contribution in [0.15, 0.2) is 6.20 Å². The van der Waals surface area contributed by atoms with Crippen molar-refractivity contribution in [1.82, 2.24) is 14.7 Å². The summed E-state index contributed by atoms with van der Waals surface area (Å²) < 4.78 is 16.3. The number of alkyl halides is 1. The third-order valence-electron chi connectivity index (χ3n) is 4.64. The Morgan fingerprint density at radius 3 is 2.58 bits per heavy atom. The zero-order valence-corrected chi connectivity index (χ0v) is 15.6. The van der Waals surface area contributed by atoms with Crippen molar-refractivity contribution in [1.29, 1.82) is 0 Å². The van der Waals surface area contributed by atoms with Crippen LogP contribution in [0.5, 0.6) is 0 Å². The fourth-order valence-corrected chi connectivity index (χ4v) is 3.54. The predicted octanol–water partition coefficient (Wildman–Crippen LogP) is 2.90. The van der Waals surface area contributed by atoms with Gasteiger partial charge in [0, 0.05) is 25.2 Å². The molecule has 146 valence electrons. The standard InChI is InChI=1S/C16H26FN5O4/c1-5-20-14(13(10-18-20)22(25)26)19-8-6-11(17)12(7-9-19)21(15(23)24)16(2,3)4/h10-12H,5-9H2,1-4H3,(H,23,24)/t11-,12-/m1/s1. The Kier molecular flexibility index (Phi) is 5.72. The van der Waals surface area contributed by atoms with Crippen LogP contribution in [0, 0.1) is 10.1 Å². The van der Waals surface area contributed by atoms with E-state index in [-0.39, 0.29) is 25.1 Å². The summed E-state index contributed by atoms with van der Waals surface area (Å²) >= 11 is 0. The molecule has 0 spiro atoms. The topological polar surface area (TPSA) is 105 Å². The van der Waals surface area contributed by atoms with E-state index in [1.165, 1.54) is 10.9 Å². The van der Waals surface area contributed by atoms with Crippen LogP contribution in [-0.4, -0.2) is 61.6 Å². The molecule has 1 N–H and O–H groups in total. The van der Waals surface area contributed by atoms with Crippen molar-refractivity contribution in [3.8, 4) is 0 Å². The molecule has 1 aromatic heterocycles. The van der Waals surface area contributed by atoms with Crippen LogP contribution >= 0.6 is 0 Å². The summed E-state index contributed by atoms with van der Waals surface area (Å²) in [6.45, 7) is 8.05. The summed E-state index contributed by atoms with van der Waals surface area (Å²) in [5.41, 5.74) is -0.862. The lowest BCUT2D eigenvalue weighted by Gasteiger charge is -2.40. The zero-order chi connectivity index (χ0) is 19.6. The van der Waals surface area contributed by atoms with E-state index in [0.29, 0.717) is 18.9 Å². The number of hydrogen-bond donors (Lipinski definition) is 1. The van der Waals surface area contributed by atoms with Gasteiger partial charge in [0.15, 0.2) is 0 Å². The van der Waals surface area contributed by atoms with Gasteiger partial charge in [-0.15, -0.1) is 0 Å². The summed E-state index contributed by atoms with van der Waals surface area (Å²) in [5, 5.41) is 24.9. The average Bonchev–Trinajstić information content (AvgIpc) is 2.87. The Morgan fingerprint density at radius 2 is 2.08 bits per heavy atom. The molecule has 0 aliphatic carbocycles. The van der Waals surface area contributed by atoms with Gasteiger partial charge in [0.25, 0.3) is 0 Å². The molecule has 1 aromatic rings. The largest absolute Gasteiger partial charge is 0.465 e. The Balaban J connectivity index is 2.31. The van der Waals surface area contributed by atoms with Gasteiger partial charge in [-0.3, -0.25) is 15.0 Å². The fraction of sp³-hybridized carbons (Fsp3) is 0.750. The molecule has 1 saturated heterocycles. The third-order valence-corrected chi connectivity index (χ3v) is 4.64. The van der Waals surface area contributed by atoms with Crippen LogP contribution in [0.1, 0.15) is 40.5 Å². The molecule has 2 atom stereocenters. The van der Waals surface area contributed by atoms with E-state index in [1.54, 1.807) is 25.7 Å². The molecule has 9 nitrogen and oxygen atoms in total. The lowest BCUT2D eigenvalue weighted by atomic mass is 9.98. The first-order chi connectivity index (χ1) is 12.1. The molecule has 26 heavy (non-hydrogen) atoms. The van der Waals surface area contributed by atoms with Crippen LogP contribution in [0.2, 0.25) is 0 Å². The van der Waals surface area contributed by atoms with Gasteiger partial charge in [-0.2, -0.15) is 5.10 Å². The predicted molar refractivity (Wildman–Crippen MR) is 94.3 cm³/mol. The van der Waals surface area contributed by atoms with E-state index in [0.717, 1.165) is 4.90 Å². The molecule has 1 amide bonds. The van der Waals surface area contributed by atoms with Crippen LogP contribution in [0.25, 0.3) is 0 Å². The lowest BCUT2D eigenvalue weighted by Crippen LogP contribution is -2.54. The van der Waals surface area contributed by atoms with E-state index in [1.807, 2.05) is 6.92 Å². The maximum atomic E-state index is 14.8. The second-order valence-electron chi connectivity index (χ2n) is 7.40. The van der Waals surface area contributed by atoms with Crippen molar-refractivity contribution >= 4 is 17.6 Å². The Morgan fingerprint density at radius 1 is 1.46 bits per heavy atom. The number of aromatic nitrogens is 2. The van der Waals surface area contributed by atoms with E-state index in [2.05, 4.69) is 5.10 Å². The summed E-state index contributed by atoms with van der Waals surface area (Å²) in [4.78, 5) is 25.4. The first-order valence-corrected chi connectivity index (χ1v) is 8.69. The van der Waals surface area contributed by atoms with Crippen molar-refractivity contribution in [3.05, 3.63) is 16.3 Å². The van der Waals surface area contributed by atoms with Crippen molar-refractivity contribution in [2.24, 2.45) is 0 Å². The quantitative estimate of drug-likeness (QED) is 0.644. The maximum absolute atomic E-state index is 14.8. The third kappa shape index (κ3) is 3.88.